The van der Waals surface area contributed by atoms with Crippen molar-refractivity contribution in [1.29, 1.82) is 0 Å². The number of aldehydes is 1. The molecule has 0 bridgehead atoms. The highest BCUT2D eigenvalue weighted by atomic mass is 16.1. The predicted octanol–water partition coefficient (Wildman–Crippen LogP) is 3.44. The number of hydrogen-bond donors (Lipinski definition) is 0. The Bertz CT molecular complexity index is 668. The molecule has 0 spiro atoms. The molecule has 1 aromatic heterocycles. The lowest BCUT2D eigenvalue weighted by Crippen LogP contribution is -1.91. The molecule has 3 aromatic rings. The lowest BCUT2D eigenvalue weighted by atomic mass is 10.1. The first-order chi connectivity index (χ1) is 8.40. The van der Waals surface area contributed by atoms with Gasteiger partial charge < -0.3 is 4.57 Å². The molecule has 0 saturated heterocycles. The van der Waals surface area contributed by atoms with Crippen LogP contribution >= 0.6 is 0 Å². The summed E-state index contributed by atoms with van der Waals surface area (Å²) in [6.07, 6.45) is 2.89. The monoisotopic (exact) mass is 221 g/mol. The number of para-hydroxylation sites is 1. The third kappa shape index (κ3) is 1.54. The van der Waals surface area contributed by atoms with E-state index < -0.39 is 0 Å². The second-order valence-electron chi connectivity index (χ2n) is 3.92. The third-order valence-electron chi connectivity index (χ3n) is 2.93. The van der Waals surface area contributed by atoms with Gasteiger partial charge in [0.15, 0.2) is 6.29 Å². The zero-order valence-corrected chi connectivity index (χ0v) is 9.21. The van der Waals surface area contributed by atoms with Crippen molar-refractivity contribution in [2.75, 3.05) is 0 Å². The van der Waals surface area contributed by atoms with E-state index in [4.69, 9.17) is 0 Å². The normalized spacial score (nSPS) is 10.6. The number of rotatable bonds is 2. The van der Waals surface area contributed by atoms with Crippen molar-refractivity contribution in [1.82, 2.24) is 4.57 Å². The van der Waals surface area contributed by atoms with Gasteiger partial charge >= 0.3 is 0 Å². The van der Waals surface area contributed by atoms with Crippen LogP contribution in [0.3, 0.4) is 0 Å². The van der Waals surface area contributed by atoms with E-state index in [1.165, 1.54) is 0 Å². The first-order valence-electron chi connectivity index (χ1n) is 5.51. The van der Waals surface area contributed by atoms with Crippen molar-refractivity contribution in [3.8, 4) is 5.69 Å². The average Bonchev–Trinajstić information content (AvgIpc) is 2.83. The van der Waals surface area contributed by atoms with E-state index in [0.717, 1.165) is 28.4 Å². The maximum Gasteiger partial charge on any atom is 0.150 e. The van der Waals surface area contributed by atoms with Crippen molar-refractivity contribution >= 4 is 17.2 Å². The Morgan fingerprint density at radius 1 is 0.882 bits per heavy atom. The Labute approximate surface area is 99.1 Å². The summed E-state index contributed by atoms with van der Waals surface area (Å²) in [6.45, 7) is 0. The Balaban J connectivity index is 2.30. The molecule has 2 aromatic carbocycles. The van der Waals surface area contributed by atoms with Crippen LogP contribution < -0.4 is 0 Å². The molecule has 0 aliphatic carbocycles. The highest BCUT2D eigenvalue weighted by molar-refractivity contribution is 5.97. The first-order valence-corrected chi connectivity index (χ1v) is 5.51. The van der Waals surface area contributed by atoms with Gasteiger partial charge in [0.2, 0.25) is 0 Å². The molecule has 0 aliphatic heterocycles. The van der Waals surface area contributed by atoms with Crippen molar-refractivity contribution in [2.45, 2.75) is 0 Å². The molecule has 0 radical (unpaired) electrons. The van der Waals surface area contributed by atoms with Crippen molar-refractivity contribution in [3.63, 3.8) is 0 Å². The third-order valence-corrected chi connectivity index (χ3v) is 2.93. The van der Waals surface area contributed by atoms with E-state index >= 15 is 0 Å². The highest BCUT2D eigenvalue weighted by Gasteiger charge is 2.05. The van der Waals surface area contributed by atoms with Gasteiger partial charge in [-0.2, -0.15) is 0 Å². The van der Waals surface area contributed by atoms with Crippen LogP contribution in [0.5, 0.6) is 0 Å². The van der Waals surface area contributed by atoms with Crippen LogP contribution in [0.25, 0.3) is 16.6 Å². The van der Waals surface area contributed by atoms with Crippen LogP contribution in [0.2, 0.25) is 0 Å². The van der Waals surface area contributed by atoms with Crippen LogP contribution in [-0.2, 0) is 0 Å². The van der Waals surface area contributed by atoms with Gasteiger partial charge in [-0.25, -0.2) is 0 Å². The minimum Gasteiger partial charge on any atom is -0.317 e. The summed E-state index contributed by atoms with van der Waals surface area (Å²) in [5.74, 6) is 0. The van der Waals surface area contributed by atoms with Gasteiger partial charge in [0.05, 0.1) is 5.52 Å². The fraction of sp³-hybridized carbons (Fsp3) is 0. The minimum absolute atomic E-state index is 0.734. The van der Waals surface area contributed by atoms with E-state index in [2.05, 4.69) is 4.57 Å². The lowest BCUT2D eigenvalue weighted by molar-refractivity contribution is 0.112. The van der Waals surface area contributed by atoms with E-state index in [-0.39, 0.29) is 0 Å². The number of fused-ring (bicyclic) bond motifs is 1. The predicted molar refractivity (Wildman–Crippen MR) is 68.7 cm³/mol. The van der Waals surface area contributed by atoms with E-state index in [0.29, 0.717) is 0 Å². The fourth-order valence-electron chi connectivity index (χ4n) is 2.11. The molecule has 2 heteroatoms. The molecule has 17 heavy (non-hydrogen) atoms. The number of carbonyl (C=O) groups is 1. The smallest absolute Gasteiger partial charge is 0.150 e. The summed E-state index contributed by atoms with van der Waals surface area (Å²) in [5, 5.41) is 0.992. The van der Waals surface area contributed by atoms with Crippen molar-refractivity contribution in [3.05, 3.63) is 66.4 Å². The summed E-state index contributed by atoms with van der Waals surface area (Å²) in [6, 6.07) is 17.8. The zero-order chi connectivity index (χ0) is 11.7. The topological polar surface area (TPSA) is 22.0 Å². The summed E-state index contributed by atoms with van der Waals surface area (Å²) in [7, 11) is 0. The number of aromatic nitrogens is 1. The molecule has 82 valence electrons. The van der Waals surface area contributed by atoms with Crippen LogP contribution in [-0.4, -0.2) is 10.9 Å². The zero-order valence-electron chi connectivity index (χ0n) is 9.21. The number of hydrogen-bond acceptors (Lipinski definition) is 1. The lowest BCUT2D eigenvalue weighted by Gasteiger charge is -2.05. The minimum atomic E-state index is 0.734. The maximum atomic E-state index is 11.0. The second kappa shape index (κ2) is 3.91. The quantitative estimate of drug-likeness (QED) is 0.607. The number of benzene rings is 2. The molecule has 0 fully saturated rings. The molecule has 0 N–H and O–H groups in total. The van der Waals surface area contributed by atoms with Crippen molar-refractivity contribution < 1.29 is 4.79 Å². The second-order valence-corrected chi connectivity index (χ2v) is 3.92. The number of carbonyl (C=O) groups excluding carboxylic acids is 1. The van der Waals surface area contributed by atoms with E-state index in [1.54, 1.807) is 0 Å². The SMILES string of the molecule is O=Cc1cccc2c1ccn2-c1ccccc1. The summed E-state index contributed by atoms with van der Waals surface area (Å²) >= 11 is 0. The number of nitrogens with zero attached hydrogens (tertiary/aromatic N) is 1. The molecule has 0 aliphatic rings. The summed E-state index contributed by atoms with van der Waals surface area (Å²) in [4.78, 5) is 11.0. The van der Waals surface area contributed by atoms with E-state index in [9.17, 15) is 4.79 Å². The van der Waals surface area contributed by atoms with Crippen LogP contribution in [0.1, 0.15) is 10.4 Å². The largest absolute Gasteiger partial charge is 0.317 e. The molecule has 0 amide bonds. The summed E-state index contributed by atoms with van der Waals surface area (Å²) in [5.41, 5.74) is 2.89. The van der Waals surface area contributed by atoms with Gasteiger partial charge in [0, 0.05) is 22.8 Å². The van der Waals surface area contributed by atoms with Gasteiger partial charge in [-0.15, -0.1) is 0 Å². The van der Waals surface area contributed by atoms with Crippen molar-refractivity contribution in [2.24, 2.45) is 0 Å². The molecule has 0 saturated carbocycles. The Morgan fingerprint density at radius 2 is 1.71 bits per heavy atom. The highest BCUT2D eigenvalue weighted by Crippen LogP contribution is 2.22. The molecular formula is C15H11NO. The molecule has 0 atom stereocenters. The molecule has 1 heterocycles. The van der Waals surface area contributed by atoms with Gasteiger partial charge in [-0.05, 0) is 24.3 Å². The fourth-order valence-corrected chi connectivity index (χ4v) is 2.11. The standard InChI is InChI=1S/C15H11NO/c17-11-12-5-4-8-15-14(12)9-10-16(15)13-6-2-1-3-7-13/h1-11H. The Morgan fingerprint density at radius 3 is 2.47 bits per heavy atom. The molecule has 2 nitrogen and oxygen atoms in total. The maximum absolute atomic E-state index is 11.0. The van der Waals surface area contributed by atoms with Crippen LogP contribution in [0.4, 0.5) is 0 Å². The molecule has 0 unspecified atom stereocenters. The molecule has 3 rings (SSSR count). The Hall–Kier alpha value is -2.35. The average molecular weight is 221 g/mol. The van der Waals surface area contributed by atoms with Crippen LogP contribution in [0.15, 0.2) is 60.8 Å². The van der Waals surface area contributed by atoms with E-state index in [1.807, 2.05) is 60.8 Å². The Kier molecular flexibility index (Phi) is 2.26. The first kappa shape index (κ1) is 9.85. The van der Waals surface area contributed by atoms with Gasteiger partial charge in [0.25, 0.3) is 0 Å². The van der Waals surface area contributed by atoms with Gasteiger partial charge in [0.1, 0.15) is 0 Å². The van der Waals surface area contributed by atoms with Gasteiger partial charge in [-0.3, -0.25) is 4.79 Å². The van der Waals surface area contributed by atoms with Crippen LogP contribution in [0, 0.1) is 0 Å². The molecular weight excluding hydrogens is 210 g/mol. The van der Waals surface area contributed by atoms with Gasteiger partial charge in [-0.1, -0.05) is 30.3 Å². The summed E-state index contributed by atoms with van der Waals surface area (Å²) < 4.78 is 2.09.